The van der Waals surface area contributed by atoms with Crippen molar-refractivity contribution < 1.29 is 19.4 Å². The van der Waals surface area contributed by atoms with Crippen LogP contribution in [0.2, 0.25) is 5.02 Å². The number of carboxylic acids is 1. The van der Waals surface area contributed by atoms with Gasteiger partial charge in [0.1, 0.15) is 0 Å². The van der Waals surface area contributed by atoms with E-state index < -0.39 is 5.97 Å². The number of rotatable bonds is 8. The van der Waals surface area contributed by atoms with Gasteiger partial charge < -0.3 is 14.7 Å². The molecule has 1 aliphatic rings. The van der Waals surface area contributed by atoms with Crippen molar-refractivity contribution >= 4 is 23.5 Å². The first-order valence-corrected chi connectivity index (χ1v) is 9.39. The summed E-state index contributed by atoms with van der Waals surface area (Å²) in [6, 6.07) is 7.46. The smallest absolute Gasteiger partial charge is 0.317 e. The van der Waals surface area contributed by atoms with Gasteiger partial charge in [0.25, 0.3) is 0 Å². The number of nitrogens with zero attached hydrogens (tertiary/aromatic N) is 3. The lowest BCUT2D eigenvalue weighted by Crippen LogP contribution is -2.50. The first kappa shape index (κ1) is 21.6. The zero-order valence-corrected chi connectivity index (χ0v) is 16.9. The summed E-state index contributed by atoms with van der Waals surface area (Å²) in [5.41, 5.74) is 1.03. The third-order valence-corrected chi connectivity index (χ3v) is 5.08. The van der Waals surface area contributed by atoms with Gasteiger partial charge in [-0.15, -0.1) is 0 Å². The summed E-state index contributed by atoms with van der Waals surface area (Å²) >= 11 is 5.93. The van der Waals surface area contributed by atoms with Crippen LogP contribution in [0.1, 0.15) is 18.5 Å². The molecule has 1 heterocycles. The van der Waals surface area contributed by atoms with Gasteiger partial charge in [0.15, 0.2) is 0 Å². The molecule has 0 saturated carbocycles. The van der Waals surface area contributed by atoms with Crippen molar-refractivity contribution in [1.82, 2.24) is 14.7 Å². The van der Waals surface area contributed by atoms with E-state index in [-0.39, 0.29) is 24.6 Å². The molecule has 1 aliphatic heterocycles. The molecular weight excluding hydrogens is 370 g/mol. The SMILES string of the molecule is CC(c1ccc(Cl)cc1)N(C)C(=O)CN1CCOC(CN(C)CC(=O)O)C1. The van der Waals surface area contributed by atoms with E-state index in [1.54, 1.807) is 23.9 Å². The monoisotopic (exact) mass is 397 g/mol. The van der Waals surface area contributed by atoms with Crippen LogP contribution in [-0.2, 0) is 14.3 Å². The van der Waals surface area contributed by atoms with Gasteiger partial charge in [-0.1, -0.05) is 23.7 Å². The Bertz CT molecular complexity index is 640. The van der Waals surface area contributed by atoms with E-state index in [2.05, 4.69) is 4.90 Å². The van der Waals surface area contributed by atoms with Gasteiger partial charge >= 0.3 is 5.97 Å². The highest BCUT2D eigenvalue weighted by atomic mass is 35.5. The molecule has 1 aromatic rings. The summed E-state index contributed by atoms with van der Waals surface area (Å²) in [7, 11) is 3.56. The predicted molar refractivity (Wildman–Crippen MR) is 104 cm³/mol. The van der Waals surface area contributed by atoms with Crippen molar-refractivity contribution in [2.75, 3.05) is 53.4 Å². The maximum Gasteiger partial charge on any atom is 0.317 e. The van der Waals surface area contributed by atoms with Crippen LogP contribution < -0.4 is 0 Å². The third-order valence-electron chi connectivity index (χ3n) is 4.83. The number of carbonyl (C=O) groups excluding carboxylic acids is 1. The molecule has 8 heteroatoms. The normalized spacial score (nSPS) is 19.1. The molecule has 0 aromatic heterocycles. The summed E-state index contributed by atoms with van der Waals surface area (Å²) < 4.78 is 5.72. The molecule has 2 unspecified atom stereocenters. The molecule has 7 nitrogen and oxygen atoms in total. The maximum absolute atomic E-state index is 12.7. The number of ether oxygens (including phenoxy) is 1. The van der Waals surface area contributed by atoms with Crippen LogP contribution in [0.3, 0.4) is 0 Å². The van der Waals surface area contributed by atoms with Gasteiger partial charge in [0.05, 0.1) is 31.8 Å². The highest BCUT2D eigenvalue weighted by Crippen LogP contribution is 2.21. The number of carbonyl (C=O) groups is 2. The van der Waals surface area contributed by atoms with Crippen LogP contribution in [0.15, 0.2) is 24.3 Å². The van der Waals surface area contributed by atoms with Gasteiger partial charge in [0, 0.05) is 31.7 Å². The van der Waals surface area contributed by atoms with Crippen molar-refractivity contribution in [2.24, 2.45) is 0 Å². The fourth-order valence-corrected chi connectivity index (χ4v) is 3.29. The Morgan fingerprint density at radius 2 is 2.00 bits per heavy atom. The molecule has 1 saturated heterocycles. The van der Waals surface area contributed by atoms with Crippen LogP contribution in [0.5, 0.6) is 0 Å². The Morgan fingerprint density at radius 1 is 1.33 bits per heavy atom. The quantitative estimate of drug-likeness (QED) is 0.718. The van der Waals surface area contributed by atoms with E-state index in [0.717, 1.165) is 5.56 Å². The minimum Gasteiger partial charge on any atom is -0.480 e. The first-order valence-electron chi connectivity index (χ1n) is 9.01. The van der Waals surface area contributed by atoms with E-state index in [4.69, 9.17) is 21.4 Å². The van der Waals surface area contributed by atoms with Crippen LogP contribution in [0, 0.1) is 0 Å². The maximum atomic E-state index is 12.7. The summed E-state index contributed by atoms with van der Waals surface area (Å²) in [5.74, 6) is -0.824. The summed E-state index contributed by atoms with van der Waals surface area (Å²) in [4.78, 5) is 29.0. The summed E-state index contributed by atoms with van der Waals surface area (Å²) in [5, 5.41) is 9.53. The standard InChI is InChI=1S/C19H28ClN3O4/c1-14(15-4-6-16(20)7-5-15)22(3)18(24)12-23-8-9-27-17(11-23)10-21(2)13-19(25)26/h4-7,14,17H,8-13H2,1-3H3,(H,25,26). The van der Waals surface area contributed by atoms with E-state index >= 15 is 0 Å². The van der Waals surface area contributed by atoms with E-state index in [9.17, 15) is 9.59 Å². The van der Waals surface area contributed by atoms with Crippen molar-refractivity contribution in [3.8, 4) is 0 Å². The molecule has 0 spiro atoms. The second kappa shape index (κ2) is 10.0. The van der Waals surface area contributed by atoms with Crippen molar-refractivity contribution in [1.29, 1.82) is 0 Å². The molecule has 1 N–H and O–H groups in total. The second-order valence-corrected chi connectivity index (χ2v) is 7.49. The predicted octanol–water partition coefficient (Wildman–Crippen LogP) is 1.58. The minimum atomic E-state index is -0.863. The first-order chi connectivity index (χ1) is 12.8. The van der Waals surface area contributed by atoms with Crippen LogP contribution in [0.4, 0.5) is 0 Å². The Hall–Kier alpha value is -1.67. The third kappa shape index (κ3) is 6.77. The Morgan fingerprint density at radius 3 is 2.63 bits per heavy atom. The molecule has 27 heavy (non-hydrogen) atoms. The van der Waals surface area contributed by atoms with Gasteiger partial charge in [-0.05, 0) is 31.7 Å². The summed E-state index contributed by atoms with van der Waals surface area (Å²) in [6.45, 7) is 4.64. The van der Waals surface area contributed by atoms with Crippen LogP contribution in [0.25, 0.3) is 0 Å². The number of likely N-dealkylation sites (N-methyl/N-ethyl adjacent to an activating group) is 2. The number of benzene rings is 1. The van der Waals surface area contributed by atoms with Crippen molar-refractivity contribution in [3.05, 3.63) is 34.9 Å². The molecule has 2 rings (SSSR count). The van der Waals surface area contributed by atoms with Crippen molar-refractivity contribution in [2.45, 2.75) is 19.1 Å². The topological polar surface area (TPSA) is 73.3 Å². The van der Waals surface area contributed by atoms with Gasteiger partial charge in [-0.3, -0.25) is 19.4 Å². The average Bonchev–Trinajstić information content (AvgIpc) is 2.60. The zero-order valence-electron chi connectivity index (χ0n) is 16.1. The Balaban J connectivity index is 1.86. The van der Waals surface area contributed by atoms with Gasteiger partial charge in [-0.25, -0.2) is 0 Å². The number of morpholine rings is 1. The fraction of sp³-hybridized carbons (Fsp3) is 0.579. The number of hydrogen-bond donors (Lipinski definition) is 1. The lowest BCUT2D eigenvalue weighted by Gasteiger charge is -2.35. The molecule has 2 atom stereocenters. The van der Waals surface area contributed by atoms with E-state index in [0.29, 0.717) is 37.8 Å². The molecule has 1 fully saturated rings. The van der Waals surface area contributed by atoms with Crippen LogP contribution >= 0.6 is 11.6 Å². The number of carboxylic acid groups (broad SMARTS) is 1. The fourth-order valence-electron chi connectivity index (χ4n) is 3.16. The number of halogens is 1. The molecule has 1 amide bonds. The lowest BCUT2D eigenvalue weighted by molar-refractivity contribution is -0.138. The lowest BCUT2D eigenvalue weighted by atomic mass is 10.1. The number of hydrogen-bond acceptors (Lipinski definition) is 5. The molecule has 0 radical (unpaired) electrons. The summed E-state index contributed by atoms with van der Waals surface area (Å²) in [6.07, 6.45) is -0.102. The largest absolute Gasteiger partial charge is 0.480 e. The second-order valence-electron chi connectivity index (χ2n) is 7.05. The highest BCUT2D eigenvalue weighted by molar-refractivity contribution is 6.30. The van der Waals surface area contributed by atoms with Crippen molar-refractivity contribution in [3.63, 3.8) is 0 Å². The molecule has 0 aliphatic carbocycles. The number of amides is 1. The molecule has 150 valence electrons. The van der Waals surface area contributed by atoms with Gasteiger partial charge in [-0.2, -0.15) is 0 Å². The molecule has 0 bridgehead atoms. The minimum absolute atomic E-state index is 0.0276. The van der Waals surface area contributed by atoms with E-state index in [1.165, 1.54) is 0 Å². The highest BCUT2D eigenvalue weighted by Gasteiger charge is 2.26. The molecule has 1 aromatic carbocycles. The Labute approximate surface area is 165 Å². The molecular formula is C19H28ClN3O4. The Kier molecular flexibility index (Phi) is 8.04. The zero-order chi connectivity index (χ0) is 20.0. The van der Waals surface area contributed by atoms with E-state index in [1.807, 2.05) is 31.2 Å². The number of aliphatic carboxylic acids is 1. The van der Waals surface area contributed by atoms with Gasteiger partial charge in [0.2, 0.25) is 5.91 Å². The average molecular weight is 398 g/mol. The van der Waals surface area contributed by atoms with Crippen LogP contribution in [-0.4, -0.2) is 91.2 Å².